The number of carbonyl (C=O) groups excluding carboxylic acids is 1. The van der Waals surface area contributed by atoms with E-state index in [1.807, 2.05) is 0 Å². The molecule has 96 valence electrons. The normalized spacial score (nSPS) is 24.6. The zero-order chi connectivity index (χ0) is 12.4. The quantitative estimate of drug-likeness (QED) is 0.767. The molecule has 0 N–H and O–H groups in total. The van der Waals surface area contributed by atoms with Gasteiger partial charge in [-0.25, -0.2) is 0 Å². The van der Waals surface area contributed by atoms with Crippen LogP contribution in [0.4, 0.5) is 0 Å². The van der Waals surface area contributed by atoms with Gasteiger partial charge in [0.1, 0.15) is 5.78 Å². The maximum absolute atomic E-state index is 12.6. The number of hydrogen-bond acceptors (Lipinski definition) is 1. The molecule has 0 amide bonds. The van der Waals surface area contributed by atoms with Gasteiger partial charge in [-0.2, -0.15) is 0 Å². The number of aryl methyl sites for hydroxylation is 1. The molecule has 0 spiro atoms. The topological polar surface area (TPSA) is 17.1 Å². The third kappa shape index (κ3) is 2.36. The molecule has 1 saturated carbocycles. The van der Waals surface area contributed by atoms with Crippen LogP contribution in [-0.2, 0) is 17.6 Å². The zero-order valence-electron chi connectivity index (χ0n) is 11.0. The summed E-state index contributed by atoms with van der Waals surface area (Å²) in [5, 5.41) is 0. The third-order valence-electron chi connectivity index (χ3n) is 4.76. The van der Waals surface area contributed by atoms with Gasteiger partial charge in [0.15, 0.2) is 0 Å². The molecule has 0 bridgehead atoms. The molecule has 2 aliphatic rings. The van der Waals surface area contributed by atoms with E-state index in [9.17, 15) is 4.79 Å². The van der Waals surface area contributed by atoms with E-state index in [1.54, 1.807) is 0 Å². The molecule has 1 fully saturated rings. The second-order valence-corrected chi connectivity index (χ2v) is 5.95. The van der Waals surface area contributed by atoms with Gasteiger partial charge in [-0.1, -0.05) is 43.5 Å². The molecule has 1 aromatic carbocycles. The van der Waals surface area contributed by atoms with Gasteiger partial charge in [0.2, 0.25) is 0 Å². The minimum absolute atomic E-state index is 0.308. The summed E-state index contributed by atoms with van der Waals surface area (Å²) in [6.07, 6.45) is 9.32. The highest BCUT2D eigenvalue weighted by Gasteiger charge is 2.30. The average molecular weight is 242 g/mol. The van der Waals surface area contributed by atoms with Crippen molar-refractivity contribution < 1.29 is 4.79 Å². The Morgan fingerprint density at radius 1 is 0.889 bits per heavy atom. The number of Topliss-reactive ketones (excluding diaryl/α,β-unsaturated/α-hetero) is 1. The largest absolute Gasteiger partial charge is 0.299 e. The fourth-order valence-corrected chi connectivity index (χ4v) is 3.66. The summed E-state index contributed by atoms with van der Waals surface area (Å²) in [5.74, 6) is 1.27. The SMILES string of the molecule is O=C(C1CCCCC1)C1CCc2ccccc2C1. The predicted molar refractivity (Wildman–Crippen MR) is 73.5 cm³/mol. The van der Waals surface area contributed by atoms with Crippen LogP contribution in [0.1, 0.15) is 49.7 Å². The Hall–Kier alpha value is -1.11. The highest BCUT2D eigenvalue weighted by molar-refractivity contribution is 5.84. The van der Waals surface area contributed by atoms with Gasteiger partial charge in [-0.05, 0) is 43.2 Å². The Bertz CT molecular complexity index is 429. The van der Waals surface area contributed by atoms with Gasteiger partial charge >= 0.3 is 0 Å². The van der Waals surface area contributed by atoms with E-state index >= 15 is 0 Å². The zero-order valence-corrected chi connectivity index (χ0v) is 11.0. The van der Waals surface area contributed by atoms with Gasteiger partial charge in [0.05, 0.1) is 0 Å². The van der Waals surface area contributed by atoms with Crippen LogP contribution in [-0.4, -0.2) is 5.78 Å². The number of rotatable bonds is 2. The lowest BCUT2D eigenvalue weighted by molar-refractivity contribution is -0.128. The lowest BCUT2D eigenvalue weighted by atomic mass is 9.75. The summed E-state index contributed by atoms with van der Waals surface area (Å²) in [6.45, 7) is 0. The van der Waals surface area contributed by atoms with E-state index in [0.717, 1.165) is 32.1 Å². The first-order valence-electron chi connectivity index (χ1n) is 7.45. The van der Waals surface area contributed by atoms with Gasteiger partial charge in [-0.3, -0.25) is 4.79 Å². The van der Waals surface area contributed by atoms with E-state index in [0.29, 0.717) is 17.6 Å². The van der Waals surface area contributed by atoms with E-state index in [1.165, 1.54) is 30.4 Å². The van der Waals surface area contributed by atoms with Crippen LogP contribution in [0.3, 0.4) is 0 Å². The molecular formula is C17H22O. The molecule has 2 aliphatic carbocycles. The molecule has 0 heterocycles. The fourth-order valence-electron chi connectivity index (χ4n) is 3.66. The summed E-state index contributed by atoms with van der Waals surface area (Å²) < 4.78 is 0. The molecule has 0 saturated heterocycles. The number of ketones is 1. The van der Waals surface area contributed by atoms with Crippen molar-refractivity contribution in [3.05, 3.63) is 35.4 Å². The Morgan fingerprint density at radius 2 is 1.61 bits per heavy atom. The fraction of sp³-hybridized carbons (Fsp3) is 0.588. The first-order valence-corrected chi connectivity index (χ1v) is 7.45. The first kappa shape index (κ1) is 12.0. The maximum Gasteiger partial charge on any atom is 0.139 e. The lowest BCUT2D eigenvalue weighted by Gasteiger charge is -2.28. The highest BCUT2D eigenvalue weighted by atomic mass is 16.1. The van der Waals surface area contributed by atoms with Crippen molar-refractivity contribution in [2.75, 3.05) is 0 Å². The average Bonchev–Trinajstić information content (AvgIpc) is 2.47. The smallest absolute Gasteiger partial charge is 0.139 e. The maximum atomic E-state index is 12.6. The van der Waals surface area contributed by atoms with Crippen molar-refractivity contribution in [2.24, 2.45) is 11.8 Å². The van der Waals surface area contributed by atoms with Gasteiger partial charge in [0, 0.05) is 11.8 Å². The molecule has 1 unspecified atom stereocenters. The van der Waals surface area contributed by atoms with Crippen molar-refractivity contribution in [3.8, 4) is 0 Å². The molecule has 0 radical (unpaired) electrons. The Labute approximate surface area is 110 Å². The third-order valence-corrected chi connectivity index (χ3v) is 4.76. The van der Waals surface area contributed by atoms with Crippen LogP contribution >= 0.6 is 0 Å². The van der Waals surface area contributed by atoms with Crippen LogP contribution < -0.4 is 0 Å². The Kier molecular flexibility index (Phi) is 3.49. The molecule has 1 aromatic rings. The molecule has 3 rings (SSSR count). The second-order valence-electron chi connectivity index (χ2n) is 5.95. The molecule has 1 nitrogen and oxygen atoms in total. The number of fused-ring (bicyclic) bond motifs is 1. The highest BCUT2D eigenvalue weighted by Crippen LogP contribution is 2.32. The van der Waals surface area contributed by atoms with Gasteiger partial charge in [0.25, 0.3) is 0 Å². The summed E-state index contributed by atoms with van der Waals surface area (Å²) in [4.78, 5) is 12.6. The molecule has 1 atom stereocenters. The molecule has 18 heavy (non-hydrogen) atoms. The molecule has 0 aromatic heterocycles. The molecule has 0 aliphatic heterocycles. The molecule has 1 heteroatoms. The number of benzene rings is 1. The Balaban J connectivity index is 1.69. The minimum Gasteiger partial charge on any atom is -0.299 e. The van der Waals surface area contributed by atoms with E-state index in [-0.39, 0.29) is 0 Å². The Morgan fingerprint density at radius 3 is 2.39 bits per heavy atom. The minimum atomic E-state index is 0.308. The van der Waals surface area contributed by atoms with Crippen LogP contribution in [0, 0.1) is 11.8 Å². The van der Waals surface area contributed by atoms with Crippen molar-refractivity contribution in [3.63, 3.8) is 0 Å². The van der Waals surface area contributed by atoms with E-state index in [2.05, 4.69) is 24.3 Å². The molecular weight excluding hydrogens is 220 g/mol. The first-order chi connectivity index (χ1) is 8.84. The van der Waals surface area contributed by atoms with Gasteiger partial charge in [-0.15, -0.1) is 0 Å². The van der Waals surface area contributed by atoms with Crippen molar-refractivity contribution in [2.45, 2.75) is 51.4 Å². The van der Waals surface area contributed by atoms with Crippen LogP contribution in [0.15, 0.2) is 24.3 Å². The van der Waals surface area contributed by atoms with Crippen LogP contribution in [0.2, 0.25) is 0 Å². The van der Waals surface area contributed by atoms with E-state index in [4.69, 9.17) is 0 Å². The van der Waals surface area contributed by atoms with Crippen LogP contribution in [0.5, 0.6) is 0 Å². The number of carbonyl (C=O) groups is 1. The van der Waals surface area contributed by atoms with Gasteiger partial charge < -0.3 is 0 Å². The second kappa shape index (κ2) is 5.26. The summed E-state index contributed by atoms with van der Waals surface area (Å²) in [5.41, 5.74) is 2.88. The summed E-state index contributed by atoms with van der Waals surface area (Å²) in [7, 11) is 0. The number of hydrogen-bond donors (Lipinski definition) is 0. The summed E-state index contributed by atoms with van der Waals surface area (Å²) in [6, 6.07) is 8.64. The van der Waals surface area contributed by atoms with Crippen molar-refractivity contribution >= 4 is 5.78 Å². The predicted octanol–water partition coefficient (Wildman–Crippen LogP) is 3.94. The van der Waals surface area contributed by atoms with Crippen molar-refractivity contribution in [1.82, 2.24) is 0 Å². The monoisotopic (exact) mass is 242 g/mol. The van der Waals surface area contributed by atoms with Crippen LogP contribution in [0.25, 0.3) is 0 Å². The lowest BCUT2D eigenvalue weighted by Crippen LogP contribution is -2.29. The summed E-state index contributed by atoms with van der Waals surface area (Å²) >= 11 is 0. The standard InChI is InChI=1S/C17H22O/c18-17(14-7-2-1-3-8-14)16-11-10-13-6-4-5-9-15(13)12-16/h4-6,9,14,16H,1-3,7-8,10-12H2. The van der Waals surface area contributed by atoms with Crippen molar-refractivity contribution in [1.29, 1.82) is 0 Å². The van der Waals surface area contributed by atoms with E-state index < -0.39 is 0 Å².